The van der Waals surface area contributed by atoms with Gasteiger partial charge < -0.3 is 26.8 Å². The van der Waals surface area contributed by atoms with Crippen LogP contribution < -0.4 is 11.5 Å². The average molecular weight is 235 g/mol. The molecule has 0 saturated heterocycles. The number of rotatable bonds is 9. The first-order valence-corrected chi connectivity index (χ1v) is 5.70. The molecule has 0 radical (unpaired) electrons. The molecule has 0 rings (SSSR count). The van der Waals surface area contributed by atoms with E-state index in [1.54, 1.807) is 4.90 Å². The van der Waals surface area contributed by atoms with E-state index in [1.807, 2.05) is 6.92 Å². The molecule has 0 bridgehead atoms. The molecule has 0 spiro atoms. The molecule has 6 nitrogen and oxygen atoms in total. The Morgan fingerprint density at radius 2 is 1.25 bits per heavy atom. The van der Waals surface area contributed by atoms with E-state index in [4.69, 9.17) is 11.5 Å². The van der Waals surface area contributed by atoms with Crippen molar-refractivity contribution in [3.8, 4) is 0 Å². The van der Waals surface area contributed by atoms with Gasteiger partial charge in [0.05, 0.1) is 18.3 Å². The summed E-state index contributed by atoms with van der Waals surface area (Å²) in [5, 5.41) is 28.4. The maximum Gasteiger partial charge on any atom is 0.0789 e. The quantitative estimate of drug-likeness (QED) is 0.307. The predicted octanol–water partition coefficient (Wildman–Crippen LogP) is -2.30. The highest BCUT2D eigenvalue weighted by atomic mass is 16.3. The molecule has 0 heterocycles. The highest BCUT2D eigenvalue weighted by molar-refractivity contribution is 4.72. The number of hydrogen-bond acceptors (Lipinski definition) is 6. The smallest absolute Gasteiger partial charge is 0.0789 e. The minimum absolute atomic E-state index is 0.164. The summed E-state index contributed by atoms with van der Waals surface area (Å²) in [4.78, 5) is 1.78. The van der Waals surface area contributed by atoms with Crippen LogP contribution in [0.2, 0.25) is 0 Å². The number of hydrogen-bond donors (Lipinski definition) is 5. The summed E-state index contributed by atoms with van der Waals surface area (Å²) < 4.78 is 0. The maximum atomic E-state index is 9.53. The lowest BCUT2D eigenvalue weighted by Gasteiger charge is -2.28. The lowest BCUT2D eigenvalue weighted by molar-refractivity contribution is 0.0417. The van der Waals surface area contributed by atoms with Gasteiger partial charge in [-0.3, -0.25) is 4.90 Å². The molecule has 0 aliphatic heterocycles. The van der Waals surface area contributed by atoms with Crippen molar-refractivity contribution in [3.63, 3.8) is 0 Å². The average Bonchev–Trinajstić information content (AvgIpc) is 2.28. The molecule has 0 aromatic rings. The van der Waals surface area contributed by atoms with Crippen molar-refractivity contribution in [2.75, 3.05) is 32.7 Å². The Bertz CT molecular complexity index is 143. The zero-order chi connectivity index (χ0) is 12.6. The van der Waals surface area contributed by atoms with Crippen LogP contribution in [0.4, 0.5) is 0 Å². The van der Waals surface area contributed by atoms with Crippen molar-refractivity contribution in [3.05, 3.63) is 0 Å². The molecule has 98 valence electrons. The number of nitrogens with zero attached hydrogens (tertiary/aromatic N) is 1. The molecular weight excluding hydrogens is 210 g/mol. The van der Waals surface area contributed by atoms with Gasteiger partial charge in [0.25, 0.3) is 0 Å². The van der Waals surface area contributed by atoms with Crippen LogP contribution in [0.5, 0.6) is 0 Å². The molecule has 7 N–H and O–H groups in total. The Balaban J connectivity index is 4.15. The first kappa shape index (κ1) is 15.8. The Morgan fingerprint density at radius 1 is 0.875 bits per heavy atom. The van der Waals surface area contributed by atoms with Gasteiger partial charge in [-0.15, -0.1) is 0 Å². The molecule has 0 amide bonds. The van der Waals surface area contributed by atoms with Gasteiger partial charge in [0.2, 0.25) is 0 Å². The molecule has 0 fully saturated rings. The Morgan fingerprint density at radius 3 is 1.56 bits per heavy atom. The molecule has 0 saturated carbocycles. The lowest BCUT2D eigenvalue weighted by Crippen LogP contribution is -2.45. The van der Waals surface area contributed by atoms with Crippen LogP contribution in [-0.2, 0) is 0 Å². The number of aliphatic hydroxyl groups excluding tert-OH is 3. The molecule has 3 atom stereocenters. The van der Waals surface area contributed by atoms with Crippen LogP contribution in [-0.4, -0.2) is 71.3 Å². The molecule has 0 aliphatic carbocycles. The molecule has 0 aliphatic rings. The highest BCUT2D eigenvalue weighted by Crippen LogP contribution is 2.00. The Labute approximate surface area is 96.8 Å². The van der Waals surface area contributed by atoms with Crippen molar-refractivity contribution in [2.24, 2.45) is 11.5 Å². The van der Waals surface area contributed by atoms with Crippen LogP contribution in [0.25, 0.3) is 0 Å². The van der Waals surface area contributed by atoms with E-state index in [9.17, 15) is 15.3 Å². The number of nitrogens with two attached hydrogens (primary N) is 2. The second-order valence-electron chi connectivity index (χ2n) is 4.06. The minimum atomic E-state index is -0.644. The van der Waals surface area contributed by atoms with E-state index < -0.39 is 18.3 Å². The van der Waals surface area contributed by atoms with Gasteiger partial charge >= 0.3 is 0 Å². The summed E-state index contributed by atoms with van der Waals surface area (Å²) in [6, 6.07) is 0. The van der Waals surface area contributed by atoms with E-state index in [0.29, 0.717) is 26.1 Å². The monoisotopic (exact) mass is 235 g/mol. The topological polar surface area (TPSA) is 116 Å². The number of aliphatic hydroxyl groups is 3. The Hall–Kier alpha value is -0.240. The molecule has 0 aromatic heterocycles. The van der Waals surface area contributed by atoms with Gasteiger partial charge in [0.15, 0.2) is 0 Å². The third-order valence-corrected chi connectivity index (χ3v) is 2.42. The van der Waals surface area contributed by atoms with E-state index >= 15 is 0 Å². The van der Waals surface area contributed by atoms with Crippen molar-refractivity contribution in [2.45, 2.75) is 31.7 Å². The van der Waals surface area contributed by atoms with Crippen molar-refractivity contribution < 1.29 is 15.3 Å². The second-order valence-corrected chi connectivity index (χ2v) is 4.06. The van der Waals surface area contributed by atoms with Gasteiger partial charge in [-0.1, -0.05) is 6.92 Å². The van der Waals surface area contributed by atoms with E-state index in [1.165, 1.54) is 0 Å². The fourth-order valence-electron chi connectivity index (χ4n) is 1.40. The first-order valence-electron chi connectivity index (χ1n) is 5.70. The van der Waals surface area contributed by atoms with Gasteiger partial charge in [-0.05, 0) is 6.42 Å². The van der Waals surface area contributed by atoms with E-state index in [2.05, 4.69) is 0 Å². The molecule has 3 unspecified atom stereocenters. The van der Waals surface area contributed by atoms with Gasteiger partial charge in [-0.2, -0.15) is 0 Å². The summed E-state index contributed by atoms with van der Waals surface area (Å²) in [6.45, 7) is 3.29. The summed E-state index contributed by atoms with van der Waals surface area (Å²) in [5.41, 5.74) is 10.6. The van der Waals surface area contributed by atoms with E-state index in [-0.39, 0.29) is 13.1 Å². The summed E-state index contributed by atoms with van der Waals surface area (Å²) in [6.07, 6.45) is -1.12. The van der Waals surface area contributed by atoms with Crippen LogP contribution in [0, 0.1) is 0 Å². The molecular formula is C10H25N3O3. The normalized spacial score (nSPS) is 17.4. The highest BCUT2D eigenvalue weighted by Gasteiger charge is 2.16. The first-order chi connectivity index (χ1) is 7.53. The van der Waals surface area contributed by atoms with Crippen LogP contribution in [0.1, 0.15) is 13.3 Å². The van der Waals surface area contributed by atoms with Gasteiger partial charge in [0, 0.05) is 32.7 Å². The van der Waals surface area contributed by atoms with Gasteiger partial charge in [-0.25, -0.2) is 0 Å². The molecule has 6 heteroatoms. The zero-order valence-electron chi connectivity index (χ0n) is 9.92. The van der Waals surface area contributed by atoms with Crippen molar-refractivity contribution >= 4 is 0 Å². The Kier molecular flexibility index (Phi) is 8.73. The summed E-state index contributed by atoms with van der Waals surface area (Å²) >= 11 is 0. The standard InChI is InChI=1S/C10H25N3O3/c1-2-8(14)5-13(6-9(15)3-11)7-10(16)4-12/h8-10,14-16H,2-7,11-12H2,1H3. The minimum Gasteiger partial charge on any atom is -0.392 e. The fraction of sp³-hybridized carbons (Fsp3) is 1.00. The third kappa shape index (κ3) is 7.10. The third-order valence-electron chi connectivity index (χ3n) is 2.42. The second kappa shape index (κ2) is 8.86. The maximum absolute atomic E-state index is 9.53. The SMILES string of the molecule is CCC(O)CN(CC(O)CN)CC(O)CN. The van der Waals surface area contributed by atoms with Crippen molar-refractivity contribution in [1.29, 1.82) is 0 Å². The summed E-state index contributed by atoms with van der Waals surface area (Å²) in [5.74, 6) is 0. The van der Waals surface area contributed by atoms with Crippen LogP contribution in [0.15, 0.2) is 0 Å². The van der Waals surface area contributed by atoms with Crippen LogP contribution >= 0.6 is 0 Å². The van der Waals surface area contributed by atoms with E-state index in [0.717, 1.165) is 0 Å². The van der Waals surface area contributed by atoms with Crippen LogP contribution in [0.3, 0.4) is 0 Å². The molecule has 16 heavy (non-hydrogen) atoms. The molecule has 0 aromatic carbocycles. The van der Waals surface area contributed by atoms with Crippen molar-refractivity contribution in [1.82, 2.24) is 4.90 Å². The lowest BCUT2D eigenvalue weighted by atomic mass is 10.2. The zero-order valence-corrected chi connectivity index (χ0v) is 9.92. The fourth-order valence-corrected chi connectivity index (χ4v) is 1.40. The summed E-state index contributed by atoms with van der Waals surface area (Å²) in [7, 11) is 0. The predicted molar refractivity (Wildman–Crippen MR) is 62.9 cm³/mol. The largest absolute Gasteiger partial charge is 0.392 e. The van der Waals surface area contributed by atoms with Gasteiger partial charge in [0.1, 0.15) is 0 Å².